The summed E-state index contributed by atoms with van der Waals surface area (Å²) in [6.07, 6.45) is -2.56. The SMILES string of the molecule is N#Cc1cc(NCc2cccc(OCC(F)F)c2)cc(N)c1[N+](=O)[O-]. The molecule has 0 spiro atoms. The maximum Gasteiger partial charge on any atom is 0.309 e. The number of alkyl halides is 2. The summed E-state index contributed by atoms with van der Waals surface area (Å²) in [5, 5.41) is 22.9. The van der Waals surface area contributed by atoms with E-state index in [4.69, 9.17) is 15.7 Å². The molecule has 7 nitrogen and oxygen atoms in total. The van der Waals surface area contributed by atoms with Gasteiger partial charge in [0.1, 0.15) is 29.7 Å². The van der Waals surface area contributed by atoms with Crippen LogP contribution in [0.1, 0.15) is 11.1 Å². The molecule has 2 aromatic carbocycles. The number of nitrogen functional groups attached to an aromatic ring is 1. The van der Waals surface area contributed by atoms with Crippen LogP contribution in [0.5, 0.6) is 5.75 Å². The predicted molar refractivity (Wildman–Crippen MR) is 87.5 cm³/mol. The molecular formula is C16H14F2N4O3. The third-order valence-corrected chi connectivity index (χ3v) is 3.21. The van der Waals surface area contributed by atoms with Gasteiger partial charge in [-0.25, -0.2) is 8.78 Å². The number of ether oxygens (including phenoxy) is 1. The summed E-state index contributed by atoms with van der Waals surface area (Å²) in [5.74, 6) is 0.306. The second kappa shape index (κ2) is 7.92. The number of nitro benzene ring substituents is 1. The first-order valence-corrected chi connectivity index (χ1v) is 7.12. The Kier molecular flexibility index (Phi) is 5.68. The van der Waals surface area contributed by atoms with Crippen LogP contribution >= 0.6 is 0 Å². The van der Waals surface area contributed by atoms with E-state index >= 15 is 0 Å². The Balaban J connectivity index is 2.11. The first-order valence-electron chi connectivity index (χ1n) is 7.12. The number of halogens is 2. The van der Waals surface area contributed by atoms with Crippen molar-refractivity contribution >= 4 is 17.1 Å². The van der Waals surface area contributed by atoms with Crippen molar-refractivity contribution < 1.29 is 18.4 Å². The molecule has 2 rings (SSSR count). The molecule has 0 aliphatic carbocycles. The molecule has 0 fully saturated rings. The Labute approximate surface area is 141 Å². The number of hydrogen-bond donors (Lipinski definition) is 2. The van der Waals surface area contributed by atoms with E-state index in [0.29, 0.717) is 11.4 Å². The highest BCUT2D eigenvalue weighted by atomic mass is 19.3. The lowest BCUT2D eigenvalue weighted by Crippen LogP contribution is -2.07. The van der Waals surface area contributed by atoms with Gasteiger partial charge in [-0.3, -0.25) is 10.1 Å². The maximum absolute atomic E-state index is 12.2. The van der Waals surface area contributed by atoms with Gasteiger partial charge >= 0.3 is 5.69 Å². The summed E-state index contributed by atoms with van der Waals surface area (Å²) < 4.78 is 29.3. The summed E-state index contributed by atoms with van der Waals surface area (Å²) in [5.41, 5.74) is 6.09. The Morgan fingerprint density at radius 1 is 1.36 bits per heavy atom. The van der Waals surface area contributed by atoms with Crippen molar-refractivity contribution in [2.75, 3.05) is 17.7 Å². The summed E-state index contributed by atoms with van der Waals surface area (Å²) in [7, 11) is 0. The molecule has 0 saturated heterocycles. The van der Waals surface area contributed by atoms with Crippen LogP contribution in [0.3, 0.4) is 0 Å². The van der Waals surface area contributed by atoms with Crippen LogP contribution in [0.4, 0.5) is 25.8 Å². The number of nitrogens with two attached hydrogens (primary N) is 1. The number of nitriles is 1. The van der Waals surface area contributed by atoms with Crippen LogP contribution in [0.2, 0.25) is 0 Å². The molecule has 130 valence electrons. The number of anilines is 2. The van der Waals surface area contributed by atoms with Crippen LogP contribution in [-0.2, 0) is 6.54 Å². The average molecular weight is 348 g/mol. The fourth-order valence-electron chi connectivity index (χ4n) is 2.16. The molecular weight excluding hydrogens is 334 g/mol. The largest absolute Gasteiger partial charge is 0.488 e. The Morgan fingerprint density at radius 2 is 2.12 bits per heavy atom. The van der Waals surface area contributed by atoms with Gasteiger partial charge in [-0.05, 0) is 29.8 Å². The van der Waals surface area contributed by atoms with Crippen LogP contribution in [0.25, 0.3) is 0 Å². The Morgan fingerprint density at radius 3 is 2.76 bits per heavy atom. The molecule has 0 bridgehead atoms. The molecule has 0 amide bonds. The molecule has 2 aromatic rings. The average Bonchev–Trinajstić information content (AvgIpc) is 2.57. The van der Waals surface area contributed by atoms with Crippen molar-refractivity contribution in [3.63, 3.8) is 0 Å². The minimum atomic E-state index is -2.56. The van der Waals surface area contributed by atoms with E-state index < -0.39 is 23.6 Å². The number of nitrogens with one attached hydrogen (secondary N) is 1. The molecule has 0 atom stereocenters. The maximum atomic E-state index is 12.2. The molecule has 0 unspecified atom stereocenters. The van der Waals surface area contributed by atoms with Gasteiger partial charge in [-0.1, -0.05) is 12.1 Å². The number of nitrogens with zero attached hydrogens (tertiary/aromatic N) is 2. The Hall–Kier alpha value is -3.41. The third kappa shape index (κ3) is 4.78. The second-order valence-corrected chi connectivity index (χ2v) is 5.03. The second-order valence-electron chi connectivity index (χ2n) is 5.03. The van der Waals surface area contributed by atoms with Crippen molar-refractivity contribution in [1.29, 1.82) is 5.26 Å². The summed E-state index contributed by atoms with van der Waals surface area (Å²) >= 11 is 0. The number of nitro groups is 1. The van der Waals surface area contributed by atoms with Crippen molar-refractivity contribution in [3.8, 4) is 11.8 Å². The van der Waals surface area contributed by atoms with E-state index in [1.165, 1.54) is 12.1 Å². The van der Waals surface area contributed by atoms with Gasteiger partial charge in [-0.2, -0.15) is 5.26 Å². The molecule has 0 radical (unpaired) electrons. The van der Waals surface area contributed by atoms with Gasteiger partial charge in [0.25, 0.3) is 6.43 Å². The van der Waals surface area contributed by atoms with Crippen molar-refractivity contribution in [3.05, 3.63) is 57.6 Å². The van der Waals surface area contributed by atoms with Crippen LogP contribution in [0.15, 0.2) is 36.4 Å². The van der Waals surface area contributed by atoms with E-state index in [0.717, 1.165) is 5.56 Å². The first kappa shape index (κ1) is 17.9. The molecule has 25 heavy (non-hydrogen) atoms. The molecule has 3 N–H and O–H groups in total. The lowest BCUT2D eigenvalue weighted by atomic mass is 10.1. The highest BCUT2D eigenvalue weighted by Crippen LogP contribution is 2.30. The Bertz CT molecular complexity index is 822. The van der Waals surface area contributed by atoms with Crippen LogP contribution < -0.4 is 15.8 Å². The normalized spacial score (nSPS) is 10.3. The van der Waals surface area contributed by atoms with Gasteiger partial charge in [0.15, 0.2) is 0 Å². The van der Waals surface area contributed by atoms with E-state index in [9.17, 15) is 18.9 Å². The molecule has 0 heterocycles. The summed E-state index contributed by atoms with van der Waals surface area (Å²) in [6.45, 7) is -0.407. The minimum Gasteiger partial charge on any atom is -0.488 e. The quantitative estimate of drug-likeness (QED) is 0.451. The van der Waals surface area contributed by atoms with E-state index in [-0.39, 0.29) is 17.8 Å². The van der Waals surface area contributed by atoms with Gasteiger partial charge in [0.2, 0.25) is 0 Å². The minimum absolute atomic E-state index is 0.124. The molecule has 9 heteroatoms. The van der Waals surface area contributed by atoms with Crippen molar-refractivity contribution in [2.24, 2.45) is 0 Å². The smallest absolute Gasteiger partial charge is 0.309 e. The number of rotatable bonds is 7. The first-order chi connectivity index (χ1) is 11.9. The lowest BCUT2D eigenvalue weighted by Gasteiger charge is -2.10. The van der Waals surface area contributed by atoms with Gasteiger partial charge in [0.05, 0.1) is 4.92 Å². The topological polar surface area (TPSA) is 114 Å². The van der Waals surface area contributed by atoms with E-state index in [1.54, 1.807) is 30.3 Å². The van der Waals surface area contributed by atoms with E-state index in [1.807, 2.05) is 0 Å². The predicted octanol–water partition coefficient (Wildman–Crippen LogP) is 3.30. The van der Waals surface area contributed by atoms with Gasteiger partial charge in [0, 0.05) is 12.2 Å². The van der Waals surface area contributed by atoms with Crippen LogP contribution in [0, 0.1) is 21.4 Å². The molecule has 0 saturated carbocycles. The monoisotopic (exact) mass is 348 g/mol. The van der Waals surface area contributed by atoms with Crippen LogP contribution in [-0.4, -0.2) is 18.0 Å². The highest BCUT2D eigenvalue weighted by Gasteiger charge is 2.19. The zero-order chi connectivity index (χ0) is 18.4. The van der Waals surface area contributed by atoms with Crippen molar-refractivity contribution in [1.82, 2.24) is 0 Å². The van der Waals surface area contributed by atoms with Gasteiger partial charge in [-0.15, -0.1) is 0 Å². The fourth-order valence-corrected chi connectivity index (χ4v) is 2.16. The highest BCUT2D eigenvalue weighted by molar-refractivity contribution is 5.72. The standard InChI is InChI=1S/C16H14F2N4O3/c17-15(18)9-25-13-3-1-2-10(4-13)8-21-12-5-11(7-19)16(22(23)24)14(20)6-12/h1-6,15,21H,8-9,20H2. The third-order valence-electron chi connectivity index (χ3n) is 3.21. The zero-order valence-electron chi connectivity index (χ0n) is 12.9. The molecule has 0 aliphatic heterocycles. The number of benzene rings is 2. The van der Waals surface area contributed by atoms with Gasteiger partial charge < -0.3 is 15.8 Å². The fraction of sp³-hybridized carbons (Fsp3) is 0.188. The number of hydrogen-bond acceptors (Lipinski definition) is 6. The lowest BCUT2D eigenvalue weighted by molar-refractivity contribution is -0.384. The zero-order valence-corrected chi connectivity index (χ0v) is 12.9. The molecule has 0 aromatic heterocycles. The summed E-state index contributed by atoms with van der Waals surface area (Å²) in [4.78, 5) is 10.2. The summed E-state index contributed by atoms with van der Waals surface area (Å²) in [6, 6.07) is 11.0. The van der Waals surface area contributed by atoms with E-state index in [2.05, 4.69) is 5.32 Å². The molecule has 0 aliphatic rings. The van der Waals surface area contributed by atoms with Crippen molar-refractivity contribution in [2.45, 2.75) is 13.0 Å².